The molecule has 7 nitrogen and oxygen atoms in total. The molecular weight excluding hydrogens is 366 g/mol. The van der Waals surface area contributed by atoms with E-state index < -0.39 is 12.0 Å². The predicted molar refractivity (Wildman–Crippen MR) is 104 cm³/mol. The molecule has 0 unspecified atom stereocenters. The average Bonchev–Trinajstić information content (AvgIpc) is 3.03. The minimum absolute atomic E-state index is 0.0140. The number of fused-ring (bicyclic) bond motifs is 1. The van der Waals surface area contributed by atoms with E-state index in [0.717, 1.165) is 17.9 Å². The Hall–Kier alpha value is -1.38. The number of aliphatic hydroxyl groups is 1. The van der Waals surface area contributed by atoms with Gasteiger partial charge in [0.25, 0.3) is 0 Å². The van der Waals surface area contributed by atoms with Crippen LogP contribution in [0.2, 0.25) is 0 Å². The second-order valence-electron chi connectivity index (χ2n) is 8.19. The minimum Gasteiger partial charge on any atom is -0.393 e. The smallest absolute Gasteiger partial charge is 0.239 e. The molecular formula is C19H29N3O4S. The lowest BCUT2D eigenvalue weighted by atomic mass is 9.79. The number of hydrogen-bond donors (Lipinski definition) is 1. The van der Waals surface area contributed by atoms with Crippen LogP contribution in [0.1, 0.15) is 27.2 Å². The van der Waals surface area contributed by atoms with Crippen LogP contribution in [0.5, 0.6) is 0 Å². The first-order valence-corrected chi connectivity index (χ1v) is 10.3. The Morgan fingerprint density at radius 3 is 2.48 bits per heavy atom. The summed E-state index contributed by atoms with van der Waals surface area (Å²) in [6.07, 6.45) is -0.00338. The normalized spacial score (nSPS) is 34.6. The van der Waals surface area contributed by atoms with Crippen molar-refractivity contribution in [3.8, 4) is 0 Å². The molecule has 6 atom stereocenters. The lowest BCUT2D eigenvalue weighted by Crippen LogP contribution is -2.63. The first-order valence-electron chi connectivity index (χ1n) is 9.40. The van der Waals surface area contributed by atoms with Crippen LogP contribution in [0.15, 0.2) is 10.6 Å². The molecule has 0 radical (unpaired) electrons. The van der Waals surface area contributed by atoms with Gasteiger partial charge < -0.3 is 14.9 Å². The summed E-state index contributed by atoms with van der Waals surface area (Å²) in [4.78, 5) is 43.4. The fraction of sp³-hybridized carbons (Fsp3) is 0.737. The van der Waals surface area contributed by atoms with Crippen LogP contribution < -0.4 is 0 Å². The maximum atomic E-state index is 12.5. The largest absolute Gasteiger partial charge is 0.393 e. The Balaban J connectivity index is 1.81. The lowest BCUT2D eigenvalue weighted by molar-refractivity contribution is -0.160. The van der Waals surface area contributed by atoms with E-state index in [4.69, 9.17) is 0 Å². The average molecular weight is 396 g/mol. The molecule has 3 heterocycles. The number of amides is 2. The second-order valence-corrected chi connectivity index (χ2v) is 9.53. The summed E-state index contributed by atoms with van der Waals surface area (Å²) in [6.45, 7) is 5.91. The first kappa shape index (κ1) is 20.4. The van der Waals surface area contributed by atoms with Crippen molar-refractivity contribution >= 4 is 29.4 Å². The third-order valence-corrected chi connectivity index (χ3v) is 7.47. The zero-order valence-corrected chi connectivity index (χ0v) is 17.6. The van der Waals surface area contributed by atoms with Gasteiger partial charge in [-0.2, -0.15) is 0 Å². The van der Waals surface area contributed by atoms with Crippen molar-refractivity contribution in [3.05, 3.63) is 10.6 Å². The van der Waals surface area contributed by atoms with Crippen LogP contribution in [0.25, 0.3) is 0 Å². The predicted octanol–water partition coefficient (Wildman–Crippen LogP) is 0.539. The Labute approximate surface area is 164 Å². The van der Waals surface area contributed by atoms with Gasteiger partial charge in [0.15, 0.2) is 5.78 Å². The van der Waals surface area contributed by atoms with Crippen molar-refractivity contribution in [3.63, 3.8) is 0 Å². The number of ketones is 1. The molecule has 2 saturated heterocycles. The molecule has 2 amide bonds. The van der Waals surface area contributed by atoms with Crippen molar-refractivity contribution in [2.45, 2.75) is 50.6 Å². The number of hydrogen-bond acceptors (Lipinski definition) is 6. The molecule has 0 aromatic rings. The summed E-state index contributed by atoms with van der Waals surface area (Å²) in [5.41, 5.74) is 0.490. The number of likely N-dealkylation sites (N-methyl/N-ethyl adjacent to an activating group) is 2. The highest BCUT2D eigenvalue weighted by molar-refractivity contribution is 8.03. The SMILES string of the molecule is CC(=O)C1=C(S[C@H]2C[C@@H](C(=O)N(C)C)N(C)C2)[C@H](C)[C@@H]2[C@@H]([C@@H](C)O)C(=O)N12. The van der Waals surface area contributed by atoms with Gasteiger partial charge >= 0.3 is 0 Å². The molecule has 0 aromatic heterocycles. The number of carbonyl (C=O) groups excluding carboxylic acids is 3. The topological polar surface area (TPSA) is 81.2 Å². The van der Waals surface area contributed by atoms with Crippen LogP contribution in [-0.4, -0.2) is 88.5 Å². The molecule has 0 bridgehead atoms. The molecule has 1 N–H and O–H groups in total. The highest BCUT2D eigenvalue weighted by atomic mass is 32.2. The maximum Gasteiger partial charge on any atom is 0.239 e. The second kappa shape index (κ2) is 7.22. The highest BCUT2D eigenvalue weighted by Gasteiger charge is 2.59. The molecule has 150 valence electrons. The molecule has 27 heavy (non-hydrogen) atoms. The molecule has 3 aliphatic rings. The van der Waals surface area contributed by atoms with Gasteiger partial charge in [0.1, 0.15) is 0 Å². The van der Waals surface area contributed by atoms with Gasteiger partial charge in [-0.25, -0.2) is 0 Å². The molecule has 0 aromatic carbocycles. The molecule has 8 heteroatoms. The van der Waals surface area contributed by atoms with Crippen LogP contribution in [0.3, 0.4) is 0 Å². The third-order valence-electron chi connectivity index (χ3n) is 5.97. The number of carbonyl (C=O) groups is 3. The third kappa shape index (κ3) is 3.21. The van der Waals surface area contributed by atoms with Crippen LogP contribution in [-0.2, 0) is 14.4 Å². The number of β-lactam (4-membered cyclic amide) rings is 1. The fourth-order valence-corrected chi connectivity index (χ4v) is 6.27. The number of Topliss-reactive ketones (excluding diaryl/α,β-unsaturated/α-hetero) is 1. The van der Waals surface area contributed by atoms with Gasteiger partial charge in [-0.3, -0.25) is 19.3 Å². The Morgan fingerprint density at radius 1 is 1.33 bits per heavy atom. The van der Waals surface area contributed by atoms with Gasteiger partial charge in [-0.05, 0) is 20.4 Å². The standard InChI is InChI=1S/C19H29N3O4S/c1-9-15-14(10(2)23)19(26)22(15)16(11(3)24)17(9)27-12-7-13(21(6)8-12)18(25)20(4)5/h9-10,12-15,23H,7-8H2,1-6H3/t9-,10-,12+,13+,14-,15-/m1/s1. The number of allylic oxidation sites excluding steroid dienone is 1. The number of thioether (sulfide) groups is 1. The fourth-order valence-electron chi connectivity index (χ4n) is 4.62. The Kier molecular flexibility index (Phi) is 5.44. The van der Waals surface area contributed by atoms with E-state index in [1.54, 1.807) is 42.6 Å². The van der Waals surface area contributed by atoms with Crippen molar-refractivity contribution in [2.24, 2.45) is 11.8 Å². The Morgan fingerprint density at radius 2 is 1.96 bits per heavy atom. The first-order chi connectivity index (χ1) is 12.6. The number of aliphatic hydroxyl groups excluding tert-OH is 1. The van der Waals surface area contributed by atoms with E-state index in [1.165, 1.54) is 6.92 Å². The van der Waals surface area contributed by atoms with Crippen molar-refractivity contribution in [2.75, 3.05) is 27.7 Å². The maximum absolute atomic E-state index is 12.5. The zero-order chi connectivity index (χ0) is 20.2. The molecule has 0 spiro atoms. The summed E-state index contributed by atoms with van der Waals surface area (Å²) < 4.78 is 0. The van der Waals surface area contributed by atoms with Crippen molar-refractivity contribution < 1.29 is 19.5 Å². The van der Waals surface area contributed by atoms with E-state index in [-0.39, 0.29) is 40.8 Å². The summed E-state index contributed by atoms with van der Waals surface area (Å²) >= 11 is 1.63. The summed E-state index contributed by atoms with van der Waals surface area (Å²) in [5.74, 6) is -0.612. The highest BCUT2D eigenvalue weighted by Crippen LogP contribution is 2.52. The molecule has 0 aliphatic carbocycles. The van der Waals surface area contributed by atoms with Gasteiger partial charge in [-0.15, -0.1) is 11.8 Å². The van der Waals surface area contributed by atoms with E-state index in [1.807, 2.05) is 14.0 Å². The molecule has 3 rings (SSSR count). The van der Waals surface area contributed by atoms with Gasteiger partial charge in [0, 0.05) is 43.6 Å². The number of likely N-dealkylation sites (tertiary alicyclic amines) is 1. The summed E-state index contributed by atoms with van der Waals surface area (Å²) in [5, 5.41) is 10.2. The van der Waals surface area contributed by atoms with Gasteiger partial charge in [-0.1, -0.05) is 6.92 Å². The zero-order valence-electron chi connectivity index (χ0n) is 16.8. The van der Waals surface area contributed by atoms with Crippen LogP contribution >= 0.6 is 11.8 Å². The van der Waals surface area contributed by atoms with Crippen molar-refractivity contribution in [1.82, 2.24) is 14.7 Å². The molecule has 0 saturated carbocycles. The van der Waals surface area contributed by atoms with E-state index >= 15 is 0 Å². The van der Waals surface area contributed by atoms with E-state index in [2.05, 4.69) is 4.90 Å². The number of nitrogens with zero attached hydrogens (tertiary/aromatic N) is 3. The summed E-state index contributed by atoms with van der Waals surface area (Å²) in [6, 6.07) is -0.295. The quantitative estimate of drug-likeness (QED) is 0.685. The van der Waals surface area contributed by atoms with E-state index in [0.29, 0.717) is 5.70 Å². The number of rotatable bonds is 5. The van der Waals surface area contributed by atoms with E-state index in [9.17, 15) is 19.5 Å². The van der Waals surface area contributed by atoms with Crippen molar-refractivity contribution in [1.29, 1.82) is 0 Å². The molecule has 2 fully saturated rings. The Bertz CT molecular complexity index is 705. The summed E-state index contributed by atoms with van der Waals surface area (Å²) in [7, 11) is 5.48. The lowest BCUT2D eigenvalue weighted by Gasteiger charge is -2.46. The van der Waals surface area contributed by atoms with Gasteiger partial charge in [0.05, 0.1) is 29.8 Å². The van der Waals surface area contributed by atoms with Gasteiger partial charge in [0.2, 0.25) is 11.8 Å². The minimum atomic E-state index is -0.724. The van der Waals surface area contributed by atoms with Crippen LogP contribution in [0.4, 0.5) is 0 Å². The van der Waals surface area contributed by atoms with Crippen LogP contribution in [0, 0.1) is 11.8 Å². The monoisotopic (exact) mass is 395 g/mol. The molecule has 3 aliphatic heterocycles.